The van der Waals surface area contributed by atoms with Gasteiger partial charge in [0.05, 0.1) is 30.9 Å². The number of pyridine rings is 1. The molecule has 6 nitrogen and oxygen atoms in total. The highest BCUT2D eigenvalue weighted by atomic mass is 35.5. The number of carbonyl (C=O) groups is 1. The maximum atomic E-state index is 12.1. The number of anilines is 3. The van der Waals surface area contributed by atoms with Gasteiger partial charge in [-0.3, -0.25) is 4.98 Å². The fraction of sp³-hybridized carbons (Fsp3) is 0.304. The lowest BCUT2D eigenvalue weighted by atomic mass is 10.1. The minimum absolute atomic E-state index is 0. The fourth-order valence-corrected chi connectivity index (χ4v) is 3.54. The predicted molar refractivity (Wildman–Crippen MR) is 122 cm³/mol. The van der Waals surface area contributed by atoms with Gasteiger partial charge in [0.2, 0.25) is 0 Å². The monoisotopic (exact) mass is 427 g/mol. The van der Waals surface area contributed by atoms with E-state index in [9.17, 15) is 4.79 Å². The number of halogens is 1. The van der Waals surface area contributed by atoms with E-state index in [2.05, 4.69) is 39.5 Å². The molecule has 4 rings (SSSR count). The fourth-order valence-electron chi connectivity index (χ4n) is 3.54. The molecule has 0 saturated carbocycles. The van der Waals surface area contributed by atoms with Crippen LogP contribution in [0.3, 0.4) is 0 Å². The Balaban J connectivity index is 0.00000256. The van der Waals surface area contributed by atoms with Crippen LogP contribution >= 0.6 is 12.4 Å². The molecule has 0 radical (unpaired) electrons. The zero-order chi connectivity index (χ0) is 20.2. The van der Waals surface area contributed by atoms with Crippen molar-refractivity contribution >= 4 is 46.3 Å². The van der Waals surface area contributed by atoms with Gasteiger partial charge in [-0.25, -0.2) is 4.79 Å². The third-order valence-corrected chi connectivity index (χ3v) is 4.97. The third-order valence-electron chi connectivity index (χ3n) is 4.97. The van der Waals surface area contributed by atoms with Crippen molar-refractivity contribution in [3.63, 3.8) is 0 Å². The number of esters is 1. The van der Waals surface area contributed by atoms with Crippen molar-refractivity contribution in [2.24, 2.45) is 0 Å². The quantitative estimate of drug-likeness (QED) is 0.594. The van der Waals surface area contributed by atoms with Crippen LogP contribution in [0.4, 0.5) is 17.1 Å². The van der Waals surface area contributed by atoms with Gasteiger partial charge >= 0.3 is 5.97 Å². The van der Waals surface area contributed by atoms with E-state index in [1.807, 2.05) is 25.1 Å². The number of hydrogen-bond acceptors (Lipinski definition) is 6. The van der Waals surface area contributed by atoms with Crippen LogP contribution in [-0.4, -0.2) is 43.9 Å². The minimum atomic E-state index is -0.323. The Bertz CT molecular complexity index is 1020. The van der Waals surface area contributed by atoms with Crippen LogP contribution in [0.25, 0.3) is 10.9 Å². The molecule has 0 bridgehead atoms. The number of ether oxygens (including phenoxy) is 2. The molecule has 1 N–H and O–H groups in total. The van der Waals surface area contributed by atoms with E-state index in [4.69, 9.17) is 9.47 Å². The Labute approximate surface area is 182 Å². The largest absolute Gasteiger partial charge is 0.462 e. The first-order valence-corrected chi connectivity index (χ1v) is 9.92. The maximum absolute atomic E-state index is 12.1. The molecule has 158 valence electrons. The van der Waals surface area contributed by atoms with Gasteiger partial charge in [-0.05, 0) is 62.4 Å². The van der Waals surface area contributed by atoms with Gasteiger partial charge in [-0.1, -0.05) is 0 Å². The molecule has 0 amide bonds. The Kier molecular flexibility index (Phi) is 7.13. The van der Waals surface area contributed by atoms with Crippen molar-refractivity contribution < 1.29 is 14.3 Å². The summed E-state index contributed by atoms with van der Waals surface area (Å²) in [6.07, 6.45) is 0. The summed E-state index contributed by atoms with van der Waals surface area (Å²) in [7, 11) is 0. The Morgan fingerprint density at radius 1 is 1.13 bits per heavy atom. The van der Waals surface area contributed by atoms with E-state index in [0.717, 1.165) is 54.3 Å². The van der Waals surface area contributed by atoms with Crippen LogP contribution in [0, 0.1) is 6.92 Å². The molecular weight excluding hydrogens is 402 g/mol. The normalized spacial score (nSPS) is 13.6. The van der Waals surface area contributed by atoms with Crippen molar-refractivity contribution in [1.29, 1.82) is 0 Å². The number of morpholine rings is 1. The number of hydrogen-bond donors (Lipinski definition) is 1. The van der Waals surface area contributed by atoms with Gasteiger partial charge in [-0.2, -0.15) is 0 Å². The Morgan fingerprint density at radius 3 is 2.57 bits per heavy atom. The second-order valence-electron chi connectivity index (χ2n) is 7.03. The second-order valence-corrected chi connectivity index (χ2v) is 7.03. The van der Waals surface area contributed by atoms with E-state index < -0.39 is 0 Å². The molecule has 1 aliphatic heterocycles. The summed E-state index contributed by atoms with van der Waals surface area (Å²) in [5.41, 5.74) is 5.36. The van der Waals surface area contributed by atoms with Crippen LogP contribution in [0.1, 0.15) is 23.0 Å². The Morgan fingerprint density at radius 2 is 1.87 bits per heavy atom. The molecule has 30 heavy (non-hydrogen) atoms. The number of aryl methyl sites for hydroxylation is 1. The number of rotatable bonds is 5. The lowest BCUT2D eigenvalue weighted by Gasteiger charge is -2.29. The molecule has 2 aromatic carbocycles. The molecule has 2 heterocycles. The van der Waals surface area contributed by atoms with E-state index in [0.29, 0.717) is 12.2 Å². The zero-order valence-electron chi connectivity index (χ0n) is 17.2. The smallest absolute Gasteiger partial charge is 0.338 e. The molecule has 1 saturated heterocycles. The van der Waals surface area contributed by atoms with Crippen molar-refractivity contribution in [1.82, 2.24) is 4.98 Å². The SMILES string of the molecule is CCOC(=O)c1ccc2nc(C)cc(Nc3ccc(N4CCOCC4)cc3)c2c1.Cl. The van der Waals surface area contributed by atoms with Crippen molar-refractivity contribution in [2.75, 3.05) is 43.1 Å². The highest BCUT2D eigenvalue weighted by Crippen LogP contribution is 2.29. The number of fused-ring (bicyclic) bond motifs is 1. The standard InChI is InChI=1S/C23H25N3O3.ClH/c1-3-29-23(27)17-4-9-21-20(15-17)22(14-16(2)24-21)25-18-5-7-19(8-6-18)26-10-12-28-13-11-26;/h4-9,14-15H,3,10-13H2,1-2H3,(H,24,25);1H. The summed E-state index contributed by atoms with van der Waals surface area (Å²) >= 11 is 0. The predicted octanol–water partition coefficient (Wildman–Crippen LogP) is 4.72. The summed E-state index contributed by atoms with van der Waals surface area (Å²) in [6, 6.07) is 15.8. The number of nitrogens with one attached hydrogen (secondary N) is 1. The van der Waals surface area contributed by atoms with E-state index in [1.54, 1.807) is 13.0 Å². The second kappa shape index (κ2) is 9.78. The molecule has 3 aromatic rings. The number of nitrogens with zero attached hydrogens (tertiary/aromatic N) is 2. The number of carbonyl (C=O) groups excluding carboxylic acids is 1. The van der Waals surface area contributed by atoms with Crippen LogP contribution in [0.15, 0.2) is 48.5 Å². The molecular formula is C23H26ClN3O3. The summed E-state index contributed by atoms with van der Waals surface area (Å²) in [5.74, 6) is -0.323. The molecule has 1 fully saturated rings. The third kappa shape index (κ3) is 4.83. The van der Waals surface area contributed by atoms with Crippen LogP contribution in [0.2, 0.25) is 0 Å². The molecule has 0 spiro atoms. The number of aromatic nitrogens is 1. The van der Waals surface area contributed by atoms with E-state index >= 15 is 0 Å². The van der Waals surface area contributed by atoms with Gasteiger partial charge in [0, 0.05) is 41.2 Å². The summed E-state index contributed by atoms with van der Waals surface area (Å²) in [5, 5.41) is 4.37. The van der Waals surface area contributed by atoms with Gasteiger partial charge < -0.3 is 19.7 Å². The zero-order valence-corrected chi connectivity index (χ0v) is 18.0. The molecule has 1 aliphatic rings. The first-order chi connectivity index (χ1) is 14.1. The molecule has 1 aromatic heterocycles. The lowest BCUT2D eigenvalue weighted by molar-refractivity contribution is 0.0526. The highest BCUT2D eigenvalue weighted by molar-refractivity contribution is 5.99. The Hall–Kier alpha value is -2.83. The lowest BCUT2D eigenvalue weighted by Crippen LogP contribution is -2.36. The average molecular weight is 428 g/mol. The van der Waals surface area contributed by atoms with Gasteiger partial charge in [0.1, 0.15) is 0 Å². The summed E-state index contributed by atoms with van der Waals surface area (Å²) in [6.45, 7) is 7.48. The maximum Gasteiger partial charge on any atom is 0.338 e. The molecule has 0 aliphatic carbocycles. The van der Waals surface area contributed by atoms with Crippen LogP contribution < -0.4 is 10.2 Å². The minimum Gasteiger partial charge on any atom is -0.462 e. The highest BCUT2D eigenvalue weighted by Gasteiger charge is 2.13. The summed E-state index contributed by atoms with van der Waals surface area (Å²) < 4.78 is 10.6. The molecule has 0 atom stereocenters. The first kappa shape index (κ1) is 21.9. The molecule has 7 heteroatoms. The van der Waals surface area contributed by atoms with Gasteiger partial charge in [0.25, 0.3) is 0 Å². The molecule has 0 unspecified atom stereocenters. The van der Waals surface area contributed by atoms with Crippen molar-refractivity contribution in [3.8, 4) is 0 Å². The van der Waals surface area contributed by atoms with Crippen molar-refractivity contribution in [3.05, 3.63) is 59.8 Å². The van der Waals surface area contributed by atoms with Crippen molar-refractivity contribution in [2.45, 2.75) is 13.8 Å². The van der Waals surface area contributed by atoms with Crippen LogP contribution in [-0.2, 0) is 9.47 Å². The van der Waals surface area contributed by atoms with E-state index in [-0.39, 0.29) is 18.4 Å². The first-order valence-electron chi connectivity index (χ1n) is 9.92. The topological polar surface area (TPSA) is 63.7 Å². The summed E-state index contributed by atoms with van der Waals surface area (Å²) in [4.78, 5) is 19.0. The van der Waals surface area contributed by atoms with Gasteiger partial charge in [-0.15, -0.1) is 12.4 Å². The van der Waals surface area contributed by atoms with Crippen LogP contribution in [0.5, 0.6) is 0 Å². The van der Waals surface area contributed by atoms with Gasteiger partial charge in [0.15, 0.2) is 0 Å². The van der Waals surface area contributed by atoms with E-state index in [1.165, 1.54) is 5.69 Å². The average Bonchev–Trinajstić information content (AvgIpc) is 2.75. The number of benzene rings is 2.